The minimum atomic E-state index is 1.10. The number of fused-ring (bicyclic) bond motifs is 13. The number of anilines is 3. The zero-order valence-corrected chi connectivity index (χ0v) is 34.7. The highest BCUT2D eigenvalue weighted by molar-refractivity contribution is 7.25. The molecule has 12 rings (SSSR count). The highest BCUT2D eigenvalue weighted by atomic mass is 32.1. The van der Waals surface area contributed by atoms with Gasteiger partial charge in [-0.2, -0.15) is 0 Å². The number of rotatable bonds is 5. The minimum Gasteiger partial charge on any atom is -0.310 e. The number of para-hydroxylation sites is 1. The SMILES string of the molecule is c1ccc(-c2ccc(-c3ccc(N(c4ccccc4)c4ccc5c(c4)c4ccccc4c4ccccc4c4ccccc4c4cc6sc7ccccc7c6cc54)cc3)cc2)cc1. The summed E-state index contributed by atoms with van der Waals surface area (Å²) < 4.78 is 2.61. The molecule has 0 saturated heterocycles. The molecule has 2 heteroatoms. The molecule has 1 heterocycles. The molecule has 0 fully saturated rings. The van der Waals surface area contributed by atoms with Gasteiger partial charge in [0, 0.05) is 37.2 Å². The lowest BCUT2D eigenvalue weighted by Crippen LogP contribution is -2.09. The first-order valence-electron chi connectivity index (χ1n) is 21.2. The van der Waals surface area contributed by atoms with Gasteiger partial charge in [0.2, 0.25) is 0 Å². The zero-order valence-electron chi connectivity index (χ0n) is 33.9. The summed E-state index contributed by atoms with van der Waals surface area (Å²) in [6, 6.07) is 87.0. The molecule has 0 aliphatic rings. The number of hydrogen-bond acceptors (Lipinski definition) is 2. The van der Waals surface area contributed by atoms with E-state index in [1.54, 1.807) is 0 Å². The third kappa shape index (κ3) is 6.15. The quantitative estimate of drug-likeness (QED) is 0.167. The van der Waals surface area contributed by atoms with Crippen molar-refractivity contribution in [1.82, 2.24) is 0 Å². The number of thiophene rings is 1. The summed E-state index contributed by atoms with van der Waals surface area (Å²) in [6.45, 7) is 0. The summed E-state index contributed by atoms with van der Waals surface area (Å²) in [4.78, 5) is 2.39. The van der Waals surface area contributed by atoms with Crippen LogP contribution in [0.4, 0.5) is 17.1 Å². The lowest BCUT2D eigenvalue weighted by atomic mass is 9.93. The number of hydrogen-bond donors (Lipinski definition) is 0. The van der Waals surface area contributed by atoms with Crippen LogP contribution in [0.5, 0.6) is 0 Å². The lowest BCUT2D eigenvalue weighted by molar-refractivity contribution is 1.29. The van der Waals surface area contributed by atoms with E-state index < -0.39 is 0 Å². The first-order chi connectivity index (χ1) is 30.7. The Kier molecular flexibility index (Phi) is 8.76. The van der Waals surface area contributed by atoms with Gasteiger partial charge in [-0.05, 0) is 131 Å². The summed E-state index contributed by atoms with van der Waals surface area (Å²) >= 11 is 1.88. The summed E-state index contributed by atoms with van der Waals surface area (Å²) in [5.41, 5.74) is 8.12. The molecule has 0 aliphatic heterocycles. The van der Waals surface area contributed by atoms with Crippen molar-refractivity contribution in [2.45, 2.75) is 0 Å². The highest BCUT2D eigenvalue weighted by Crippen LogP contribution is 2.44. The van der Waals surface area contributed by atoms with Crippen molar-refractivity contribution < 1.29 is 0 Å². The van der Waals surface area contributed by atoms with Crippen LogP contribution in [0.3, 0.4) is 0 Å². The van der Waals surface area contributed by atoms with Crippen LogP contribution in [0.1, 0.15) is 0 Å². The molecule has 0 N–H and O–H groups in total. The number of nitrogens with zero attached hydrogens (tertiary/aromatic N) is 1. The molecule has 12 aromatic rings. The predicted octanol–water partition coefficient (Wildman–Crippen LogP) is 17.7. The Balaban J connectivity index is 1.14. The molecule has 1 nitrogen and oxygen atoms in total. The molecule has 0 aliphatic carbocycles. The second-order valence-corrected chi connectivity index (χ2v) is 17.1. The van der Waals surface area contributed by atoms with Gasteiger partial charge < -0.3 is 4.90 Å². The largest absolute Gasteiger partial charge is 0.310 e. The fourth-order valence-corrected chi connectivity index (χ4v) is 10.6. The van der Waals surface area contributed by atoms with E-state index in [1.165, 1.54) is 96.3 Å². The van der Waals surface area contributed by atoms with E-state index in [4.69, 9.17) is 0 Å². The van der Waals surface area contributed by atoms with Gasteiger partial charge in [-0.3, -0.25) is 0 Å². The molecule has 0 radical (unpaired) electrons. The topological polar surface area (TPSA) is 3.24 Å². The summed E-state index contributed by atoms with van der Waals surface area (Å²) in [5, 5.41) is 14.9. The summed E-state index contributed by atoms with van der Waals surface area (Å²) in [6.07, 6.45) is 0. The third-order valence-corrected chi connectivity index (χ3v) is 13.6. The summed E-state index contributed by atoms with van der Waals surface area (Å²) in [7, 11) is 0. The molecule has 0 saturated carbocycles. The maximum Gasteiger partial charge on any atom is 0.0468 e. The molecular formula is C60H39NS. The van der Waals surface area contributed by atoms with Crippen LogP contribution in [0.15, 0.2) is 237 Å². The van der Waals surface area contributed by atoms with E-state index in [0.717, 1.165) is 17.1 Å². The van der Waals surface area contributed by atoms with Crippen molar-refractivity contribution in [3.63, 3.8) is 0 Å². The number of benzene rings is 10. The zero-order chi connectivity index (χ0) is 41.0. The van der Waals surface area contributed by atoms with Gasteiger partial charge in [-0.15, -0.1) is 11.3 Å². The van der Waals surface area contributed by atoms with Crippen LogP contribution >= 0.6 is 11.3 Å². The van der Waals surface area contributed by atoms with Gasteiger partial charge in [0.1, 0.15) is 0 Å². The fourth-order valence-electron chi connectivity index (χ4n) is 9.52. The van der Waals surface area contributed by atoms with E-state index >= 15 is 0 Å². The molecule has 0 spiro atoms. The molecule has 0 unspecified atom stereocenters. The van der Waals surface area contributed by atoms with Crippen LogP contribution in [0, 0.1) is 0 Å². The highest BCUT2D eigenvalue weighted by Gasteiger charge is 2.17. The molecule has 11 aromatic carbocycles. The van der Waals surface area contributed by atoms with E-state index in [1.807, 2.05) is 11.3 Å². The van der Waals surface area contributed by atoms with E-state index in [9.17, 15) is 0 Å². The van der Waals surface area contributed by atoms with Gasteiger partial charge in [0.15, 0.2) is 0 Å². The second-order valence-electron chi connectivity index (χ2n) is 16.0. The van der Waals surface area contributed by atoms with E-state index in [2.05, 4.69) is 241 Å². The predicted molar refractivity (Wildman–Crippen MR) is 270 cm³/mol. The third-order valence-electron chi connectivity index (χ3n) is 12.5. The molecule has 290 valence electrons. The molecule has 0 atom stereocenters. The molecule has 62 heavy (non-hydrogen) atoms. The van der Waals surface area contributed by atoms with E-state index in [0.29, 0.717) is 0 Å². The standard InChI is InChI=1S/C60H39NS/c1-3-15-40(16-4-1)41-27-29-42(30-28-41)43-31-33-45(34-32-43)61(44-17-5-2-6-18-44)46-35-36-53-55(37-46)51-23-11-9-21-49(51)47-19-7-8-20-48(47)50-22-10-12-24-52(50)57-39-60-58(38-56(53)57)54-25-13-14-26-59(54)62-60/h1-39H. The Morgan fingerprint density at radius 3 is 1.15 bits per heavy atom. The van der Waals surface area contributed by atoms with Gasteiger partial charge in [0.25, 0.3) is 0 Å². The van der Waals surface area contributed by atoms with Gasteiger partial charge in [-0.25, -0.2) is 0 Å². The van der Waals surface area contributed by atoms with Crippen molar-refractivity contribution in [3.8, 4) is 22.3 Å². The van der Waals surface area contributed by atoms with Gasteiger partial charge in [-0.1, -0.05) is 182 Å². The lowest BCUT2D eigenvalue weighted by Gasteiger charge is -2.26. The molecule has 1 aromatic heterocycles. The van der Waals surface area contributed by atoms with Crippen molar-refractivity contribution in [2.24, 2.45) is 0 Å². The monoisotopic (exact) mass is 805 g/mol. The Hall–Kier alpha value is -7.78. The Morgan fingerprint density at radius 2 is 0.581 bits per heavy atom. The molecule has 0 bridgehead atoms. The van der Waals surface area contributed by atoms with Crippen LogP contribution in [-0.4, -0.2) is 0 Å². The minimum absolute atomic E-state index is 1.10. The van der Waals surface area contributed by atoms with Crippen LogP contribution < -0.4 is 4.90 Å². The maximum absolute atomic E-state index is 2.47. The maximum atomic E-state index is 2.47. The molecule has 0 amide bonds. The smallest absolute Gasteiger partial charge is 0.0468 e. The average molecular weight is 806 g/mol. The van der Waals surface area contributed by atoms with Crippen LogP contribution in [0.25, 0.3) is 96.3 Å². The Bertz CT molecular complexity index is 3720. The Labute approximate surface area is 364 Å². The average Bonchev–Trinajstić information content (AvgIpc) is 3.72. The van der Waals surface area contributed by atoms with Crippen molar-refractivity contribution in [3.05, 3.63) is 237 Å². The van der Waals surface area contributed by atoms with E-state index in [-0.39, 0.29) is 0 Å². The Morgan fingerprint density at radius 1 is 0.210 bits per heavy atom. The van der Waals surface area contributed by atoms with Crippen LogP contribution in [-0.2, 0) is 0 Å². The molecular weight excluding hydrogens is 767 g/mol. The van der Waals surface area contributed by atoms with Crippen molar-refractivity contribution >= 4 is 102 Å². The first kappa shape index (κ1) is 36.1. The van der Waals surface area contributed by atoms with Gasteiger partial charge in [0.05, 0.1) is 0 Å². The summed E-state index contributed by atoms with van der Waals surface area (Å²) in [5.74, 6) is 0. The fraction of sp³-hybridized carbons (Fsp3) is 0. The van der Waals surface area contributed by atoms with Crippen LogP contribution in [0.2, 0.25) is 0 Å². The van der Waals surface area contributed by atoms with Gasteiger partial charge >= 0.3 is 0 Å². The van der Waals surface area contributed by atoms with Crippen molar-refractivity contribution in [1.29, 1.82) is 0 Å². The van der Waals surface area contributed by atoms with Crippen molar-refractivity contribution in [2.75, 3.05) is 4.90 Å². The normalized spacial score (nSPS) is 11.5. The second kappa shape index (κ2) is 15.0. The first-order valence-corrected chi connectivity index (χ1v) is 22.1.